The molecule has 0 radical (unpaired) electrons. The minimum absolute atomic E-state index is 0.158. The van der Waals surface area contributed by atoms with Gasteiger partial charge in [-0.15, -0.1) is 12.6 Å². The molecule has 0 heterocycles. The number of aromatic hydroxyl groups is 1. The number of hydrogen-bond donors (Lipinski definition) is 3. The Morgan fingerprint density at radius 1 is 1.00 bits per heavy atom. The van der Waals surface area contributed by atoms with Crippen molar-refractivity contribution in [2.45, 2.75) is 31.3 Å². The molecule has 0 bridgehead atoms. The highest BCUT2D eigenvalue weighted by Crippen LogP contribution is 2.45. The van der Waals surface area contributed by atoms with Gasteiger partial charge in [0.2, 0.25) is 11.7 Å². The molecule has 0 atom stereocenters. The number of rotatable bonds is 8. The maximum Gasteiger partial charge on any atom is 0.221 e. The second kappa shape index (κ2) is 10.1. The van der Waals surface area contributed by atoms with E-state index in [4.69, 9.17) is 9.47 Å². The summed E-state index contributed by atoms with van der Waals surface area (Å²) < 4.78 is 11.5. The van der Waals surface area contributed by atoms with E-state index < -0.39 is 0 Å². The molecule has 1 amide bonds. The largest absolute Gasteiger partial charge is 0.503 e. The van der Waals surface area contributed by atoms with Gasteiger partial charge in [0.05, 0.1) is 12.8 Å². The van der Waals surface area contributed by atoms with Crippen molar-refractivity contribution in [3.63, 3.8) is 0 Å². The van der Waals surface area contributed by atoms with Gasteiger partial charge in [0.1, 0.15) is 6.61 Å². The number of amides is 1. The molecule has 0 aliphatic carbocycles. The molecule has 0 unspecified atom stereocenters. The first-order chi connectivity index (χ1) is 14.5. The summed E-state index contributed by atoms with van der Waals surface area (Å²) in [6, 6.07) is 19.4. The van der Waals surface area contributed by atoms with Crippen LogP contribution in [0.25, 0.3) is 0 Å². The third-order valence-electron chi connectivity index (χ3n) is 4.68. The molecule has 3 aromatic rings. The summed E-state index contributed by atoms with van der Waals surface area (Å²) in [5.74, 6) is 0.224. The van der Waals surface area contributed by atoms with Gasteiger partial charge >= 0.3 is 0 Å². The Hall–Kier alpha value is -3.12. The lowest BCUT2D eigenvalue weighted by atomic mass is 10.0. The molecule has 2 N–H and O–H groups in total. The average Bonchev–Trinajstić information content (AvgIpc) is 2.74. The van der Waals surface area contributed by atoms with Gasteiger partial charge in [-0.05, 0) is 36.1 Å². The van der Waals surface area contributed by atoms with E-state index in [-0.39, 0.29) is 17.4 Å². The second-order valence-corrected chi connectivity index (χ2v) is 7.36. The fourth-order valence-corrected chi connectivity index (χ4v) is 3.50. The SMILES string of the molecule is COc1c(O)c(NC(C)=O)cc(CCc2ccccc2S)c1OCc1ccccc1. The number of carbonyl (C=O) groups excluding carboxylic acids is 1. The van der Waals surface area contributed by atoms with E-state index in [0.717, 1.165) is 28.0 Å². The maximum atomic E-state index is 11.6. The standard InChI is InChI=1S/C24H25NO4S/c1-16(26)25-20-14-19(13-12-18-10-6-7-11-21(18)30)23(24(28-2)22(20)27)29-15-17-8-4-3-5-9-17/h3-11,14,27,30H,12-13,15H2,1-2H3,(H,25,26). The first kappa shape index (κ1) is 21.6. The Morgan fingerprint density at radius 3 is 2.33 bits per heavy atom. The third kappa shape index (κ3) is 5.27. The molecule has 156 valence electrons. The summed E-state index contributed by atoms with van der Waals surface area (Å²) in [7, 11) is 1.47. The number of phenolic OH excluding ortho intramolecular Hbond substituents is 1. The minimum Gasteiger partial charge on any atom is -0.503 e. The molecule has 6 heteroatoms. The topological polar surface area (TPSA) is 67.8 Å². The molecule has 5 nitrogen and oxygen atoms in total. The predicted octanol–water partition coefficient (Wildman–Crippen LogP) is 5.01. The Bertz CT molecular complexity index is 1020. The first-order valence-electron chi connectivity index (χ1n) is 9.63. The lowest BCUT2D eigenvalue weighted by molar-refractivity contribution is -0.114. The lowest BCUT2D eigenvalue weighted by Gasteiger charge is -2.19. The van der Waals surface area contributed by atoms with Crippen LogP contribution < -0.4 is 14.8 Å². The Labute approximate surface area is 182 Å². The maximum absolute atomic E-state index is 11.6. The summed E-state index contributed by atoms with van der Waals surface area (Å²) in [6.07, 6.45) is 1.33. The zero-order valence-electron chi connectivity index (χ0n) is 17.0. The van der Waals surface area contributed by atoms with E-state index in [1.165, 1.54) is 14.0 Å². The van der Waals surface area contributed by atoms with E-state index in [1.807, 2.05) is 54.6 Å². The monoisotopic (exact) mass is 423 g/mol. The number of nitrogens with one attached hydrogen (secondary N) is 1. The third-order valence-corrected chi connectivity index (χ3v) is 5.12. The summed E-state index contributed by atoms with van der Waals surface area (Å²) in [4.78, 5) is 12.5. The molecule has 0 aliphatic heterocycles. The van der Waals surface area contributed by atoms with Gasteiger partial charge in [-0.1, -0.05) is 48.5 Å². The molecule has 3 aromatic carbocycles. The fourth-order valence-electron chi connectivity index (χ4n) is 3.22. The fraction of sp³-hybridized carbons (Fsp3) is 0.208. The lowest BCUT2D eigenvalue weighted by Crippen LogP contribution is -2.09. The Morgan fingerprint density at radius 2 is 1.67 bits per heavy atom. The number of aryl methyl sites for hydroxylation is 2. The van der Waals surface area contributed by atoms with Crippen LogP contribution in [0, 0.1) is 0 Å². The molecule has 30 heavy (non-hydrogen) atoms. The molecular formula is C24H25NO4S. The smallest absolute Gasteiger partial charge is 0.221 e. The summed E-state index contributed by atoms with van der Waals surface area (Å²) in [5, 5.41) is 13.3. The molecule has 0 spiro atoms. The van der Waals surface area contributed by atoms with E-state index in [9.17, 15) is 9.90 Å². The van der Waals surface area contributed by atoms with Gasteiger partial charge in [0, 0.05) is 17.4 Å². The van der Waals surface area contributed by atoms with Crippen molar-refractivity contribution in [3.05, 3.63) is 77.4 Å². The number of thiol groups is 1. The van der Waals surface area contributed by atoms with Crippen molar-refractivity contribution < 1.29 is 19.4 Å². The number of hydrogen-bond acceptors (Lipinski definition) is 5. The number of anilines is 1. The van der Waals surface area contributed by atoms with E-state index in [0.29, 0.717) is 24.5 Å². The zero-order valence-corrected chi connectivity index (χ0v) is 17.9. The highest BCUT2D eigenvalue weighted by molar-refractivity contribution is 7.80. The molecule has 3 rings (SSSR count). The van der Waals surface area contributed by atoms with Gasteiger partial charge in [0.15, 0.2) is 11.5 Å². The highest BCUT2D eigenvalue weighted by Gasteiger charge is 2.21. The summed E-state index contributed by atoms with van der Waals surface area (Å²) in [6.45, 7) is 1.72. The van der Waals surface area contributed by atoms with Crippen molar-refractivity contribution >= 4 is 24.2 Å². The van der Waals surface area contributed by atoms with Crippen LogP contribution >= 0.6 is 12.6 Å². The van der Waals surface area contributed by atoms with Crippen LogP contribution in [-0.2, 0) is 24.2 Å². The van der Waals surface area contributed by atoms with Crippen molar-refractivity contribution in [1.82, 2.24) is 0 Å². The molecular weight excluding hydrogens is 398 g/mol. The molecule has 0 aliphatic rings. The van der Waals surface area contributed by atoms with Crippen LogP contribution in [0.2, 0.25) is 0 Å². The number of methoxy groups -OCH3 is 1. The van der Waals surface area contributed by atoms with Crippen LogP contribution in [0.1, 0.15) is 23.6 Å². The first-order valence-corrected chi connectivity index (χ1v) is 10.1. The number of benzene rings is 3. The predicted molar refractivity (Wildman–Crippen MR) is 121 cm³/mol. The van der Waals surface area contributed by atoms with Crippen molar-refractivity contribution in [1.29, 1.82) is 0 Å². The number of ether oxygens (including phenoxy) is 2. The highest BCUT2D eigenvalue weighted by atomic mass is 32.1. The van der Waals surface area contributed by atoms with Crippen molar-refractivity contribution in [2.75, 3.05) is 12.4 Å². The molecule has 0 aromatic heterocycles. The Kier molecular flexibility index (Phi) is 7.25. The van der Waals surface area contributed by atoms with Gasteiger partial charge in [-0.3, -0.25) is 4.79 Å². The van der Waals surface area contributed by atoms with Crippen molar-refractivity contribution in [2.24, 2.45) is 0 Å². The normalized spacial score (nSPS) is 10.5. The van der Waals surface area contributed by atoms with E-state index >= 15 is 0 Å². The van der Waals surface area contributed by atoms with Gasteiger partial charge in [-0.25, -0.2) is 0 Å². The molecule has 0 fully saturated rings. The van der Waals surface area contributed by atoms with Crippen LogP contribution in [0.5, 0.6) is 17.2 Å². The zero-order chi connectivity index (χ0) is 21.5. The van der Waals surface area contributed by atoms with E-state index in [1.54, 1.807) is 6.07 Å². The molecule has 0 saturated carbocycles. The van der Waals surface area contributed by atoms with Gasteiger partial charge in [-0.2, -0.15) is 0 Å². The van der Waals surface area contributed by atoms with Crippen LogP contribution in [0.4, 0.5) is 5.69 Å². The second-order valence-electron chi connectivity index (χ2n) is 6.88. The summed E-state index contributed by atoms with van der Waals surface area (Å²) in [5.41, 5.74) is 3.21. The van der Waals surface area contributed by atoms with Crippen LogP contribution in [-0.4, -0.2) is 18.1 Å². The quantitative estimate of drug-likeness (QED) is 0.352. The average molecular weight is 424 g/mol. The van der Waals surface area contributed by atoms with Gasteiger partial charge in [0.25, 0.3) is 0 Å². The number of carbonyl (C=O) groups is 1. The Balaban J connectivity index is 1.96. The van der Waals surface area contributed by atoms with Gasteiger partial charge < -0.3 is 19.9 Å². The van der Waals surface area contributed by atoms with Crippen LogP contribution in [0.3, 0.4) is 0 Å². The van der Waals surface area contributed by atoms with Crippen LogP contribution in [0.15, 0.2) is 65.6 Å². The van der Waals surface area contributed by atoms with Crippen molar-refractivity contribution in [3.8, 4) is 17.2 Å². The molecule has 0 saturated heterocycles. The van der Waals surface area contributed by atoms with E-state index in [2.05, 4.69) is 17.9 Å². The number of phenols is 1. The minimum atomic E-state index is -0.281. The summed E-state index contributed by atoms with van der Waals surface area (Å²) >= 11 is 4.53.